The molecule has 2 aromatic carbocycles. The Balaban J connectivity index is 0.00000243. The van der Waals surface area contributed by atoms with Gasteiger partial charge in [0.15, 0.2) is 0 Å². The number of halogens is 1. The number of amides is 2. The Hall–Kier alpha value is -2.37. The second kappa shape index (κ2) is 9.36. The summed E-state index contributed by atoms with van der Waals surface area (Å²) in [6.07, 6.45) is 2.52. The number of carbonyl (C=O) groups excluding carboxylic acids is 2. The van der Waals surface area contributed by atoms with Gasteiger partial charge in [0.2, 0.25) is 5.91 Å². The van der Waals surface area contributed by atoms with Gasteiger partial charge in [0.25, 0.3) is 5.91 Å². The molecule has 0 heterocycles. The van der Waals surface area contributed by atoms with E-state index in [9.17, 15) is 9.59 Å². The van der Waals surface area contributed by atoms with Crippen LogP contribution in [0.2, 0.25) is 0 Å². The first-order chi connectivity index (χ1) is 12.1. The van der Waals surface area contributed by atoms with Gasteiger partial charge in [-0.15, -0.1) is 12.4 Å². The lowest BCUT2D eigenvalue weighted by molar-refractivity contribution is -0.115. The van der Waals surface area contributed by atoms with E-state index in [1.165, 1.54) is 12.8 Å². The minimum absolute atomic E-state index is 0. The molecule has 1 aliphatic carbocycles. The standard InChI is InChI=1S/C20H23N3O2.ClH/c1-14-17(22-19(24)13-21-12-15-10-11-15)8-5-9-18(14)23-20(25)16-6-3-2-4-7-16;/h2-9,15,21H,10-13H2,1H3,(H,22,24)(H,23,25);1H. The molecule has 2 aromatic rings. The van der Waals surface area contributed by atoms with Crippen LogP contribution in [-0.2, 0) is 4.79 Å². The minimum atomic E-state index is -0.168. The van der Waals surface area contributed by atoms with Crippen molar-refractivity contribution < 1.29 is 9.59 Å². The summed E-state index contributed by atoms with van der Waals surface area (Å²) in [6.45, 7) is 3.09. The summed E-state index contributed by atoms with van der Waals surface area (Å²) in [5, 5.41) is 8.98. The van der Waals surface area contributed by atoms with Crippen molar-refractivity contribution in [1.82, 2.24) is 5.32 Å². The van der Waals surface area contributed by atoms with Gasteiger partial charge in [-0.2, -0.15) is 0 Å². The first-order valence-electron chi connectivity index (χ1n) is 8.60. The highest BCUT2D eigenvalue weighted by Crippen LogP contribution is 2.27. The lowest BCUT2D eigenvalue weighted by atomic mass is 10.1. The number of rotatable bonds is 7. The molecule has 0 saturated heterocycles. The second-order valence-electron chi connectivity index (χ2n) is 6.42. The molecule has 0 unspecified atom stereocenters. The van der Waals surface area contributed by atoms with E-state index in [0.717, 1.165) is 18.0 Å². The summed E-state index contributed by atoms with van der Waals surface area (Å²) in [5.41, 5.74) is 2.84. The van der Waals surface area contributed by atoms with Crippen LogP contribution in [0.3, 0.4) is 0 Å². The predicted molar refractivity (Wildman–Crippen MR) is 107 cm³/mol. The molecular formula is C20H24ClN3O2. The number of hydrogen-bond acceptors (Lipinski definition) is 3. The molecule has 0 atom stereocenters. The fourth-order valence-electron chi connectivity index (χ4n) is 2.60. The van der Waals surface area contributed by atoms with Gasteiger partial charge < -0.3 is 16.0 Å². The van der Waals surface area contributed by atoms with Crippen LogP contribution in [0, 0.1) is 12.8 Å². The van der Waals surface area contributed by atoms with Gasteiger partial charge in [0.05, 0.1) is 6.54 Å². The SMILES string of the molecule is Cc1c(NC(=O)CNCC2CC2)cccc1NC(=O)c1ccccc1.Cl. The molecule has 0 bridgehead atoms. The second-order valence-corrected chi connectivity index (χ2v) is 6.42. The van der Waals surface area contributed by atoms with E-state index >= 15 is 0 Å². The van der Waals surface area contributed by atoms with Crippen molar-refractivity contribution in [1.29, 1.82) is 0 Å². The van der Waals surface area contributed by atoms with E-state index in [1.807, 2.05) is 43.3 Å². The quantitative estimate of drug-likeness (QED) is 0.694. The average Bonchev–Trinajstić information content (AvgIpc) is 3.43. The van der Waals surface area contributed by atoms with E-state index in [2.05, 4.69) is 16.0 Å². The summed E-state index contributed by atoms with van der Waals surface area (Å²) in [5.74, 6) is 0.500. The molecule has 3 N–H and O–H groups in total. The molecular weight excluding hydrogens is 350 g/mol. The normalized spacial score (nSPS) is 12.8. The van der Waals surface area contributed by atoms with E-state index in [0.29, 0.717) is 23.5 Å². The molecule has 1 saturated carbocycles. The maximum atomic E-state index is 12.3. The summed E-state index contributed by atoms with van der Waals surface area (Å²) in [4.78, 5) is 24.4. The van der Waals surface area contributed by atoms with Crippen molar-refractivity contribution in [2.45, 2.75) is 19.8 Å². The summed E-state index contributed by atoms with van der Waals surface area (Å²) in [7, 11) is 0. The number of benzene rings is 2. The number of hydrogen-bond donors (Lipinski definition) is 3. The van der Waals surface area contributed by atoms with Gasteiger partial charge >= 0.3 is 0 Å². The monoisotopic (exact) mass is 373 g/mol. The largest absolute Gasteiger partial charge is 0.325 e. The number of anilines is 2. The molecule has 2 amide bonds. The first kappa shape index (κ1) is 19.9. The maximum absolute atomic E-state index is 12.3. The summed E-state index contributed by atoms with van der Waals surface area (Å²) in [6, 6.07) is 14.5. The van der Waals surface area contributed by atoms with Crippen LogP contribution in [0.15, 0.2) is 48.5 Å². The molecule has 5 nitrogen and oxygen atoms in total. The van der Waals surface area contributed by atoms with Crippen LogP contribution >= 0.6 is 12.4 Å². The third kappa shape index (κ3) is 5.58. The van der Waals surface area contributed by atoms with Crippen LogP contribution in [0.5, 0.6) is 0 Å². The first-order valence-corrected chi connectivity index (χ1v) is 8.60. The number of nitrogens with one attached hydrogen (secondary N) is 3. The van der Waals surface area contributed by atoms with Gasteiger partial charge in [-0.25, -0.2) is 0 Å². The zero-order valence-corrected chi connectivity index (χ0v) is 15.6. The Morgan fingerprint density at radius 3 is 2.27 bits per heavy atom. The average molecular weight is 374 g/mol. The Labute approximate surface area is 160 Å². The molecule has 0 spiro atoms. The van der Waals surface area contributed by atoms with Crippen molar-refractivity contribution in [2.24, 2.45) is 5.92 Å². The van der Waals surface area contributed by atoms with Crippen LogP contribution in [0.25, 0.3) is 0 Å². The summed E-state index contributed by atoms with van der Waals surface area (Å²) < 4.78 is 0. The smallest absolute Gasteiger partial charge is 0.255 e. The third-order valence-corrected chi connectivity index (χ3v) is 4.31. The molecule has 26 heavy (non-hydrogen) atoms. The number of carbonyl (C=O) groups is 2. The van der Waals surface area contributed by atoms with Crippen LogP contribution in [0.4, 0.5) is 11.4 Å². The minimum Gasteiger partial charge on any atom is -0.325 e. The fourth-order valence-corrected chi connectivity index (χ4v) is 2.60. The van der Waals surface area contributed by atoms with Crippen LogP contribution in [-0.4, -0.2) is 24.9 Å². The highest BCUT2D eigenvalue weighted by atomic mass is 35.5. The Bertz CT molecular complexity index is 761. The van der Waals surface area contributed by atoms with E-state index in [-0.39, 0.29) is 24.2 Å². The third-order valence-electron chi connectivity index (χ3n) is 4.31. The highest BCUT2D eigenvalue weighted by Gasteiger charge is 2.20. The summed E-state index contributed by atoms with van der Waals surface area (Å²) >= 11 is 0. The lowest BCUT2D eigenvalue weighted by Gasteiger charge is -2.14. The molecule has 0 radical (unpaired) electrons. The molecule has 6 heteroatoms. The highest BCUT2D eigenvalue weighted by molar-refractivity contribution is 6.05. The predicted octanol–water partition coefficient (Wildman–Crippen LogP) is 3.61. The molecule has 0 aliphatic heterocycles. The molecule has 1 aliphatic rings. The van der Waals surface area contributed by atoms with E-state index in [1.54, 1.807) is 12.1 Å². The van der Waals surface area contributed by atoms with Crippen LogP contribution < -0.4 is 16.0 Å². The molecule has 0 aromatic heterocycles. The van der Waals surface area contributed by atoms with Gasteiger partial charge in [-0.05, 0) is 62.1 Å². The fraction of sp³-hybridized carbons (Fsp3) is 0.300. The Morgan fingerprint density at radius 1 is 0.962 bits per heavy atom. The van der Waals surface area contributed by atoms with Gasteiger partial charge in [0.1, 0.15) is 0 Å². The Morgan fingerprint density at radius 2 is 1.62 bits per heavy atom. The van der Waals surface area contributed by atoms with Gasteiger partial charge in [0, 0.05) is 16.9 Å². The zero-order valence-electron chi connectivity index (χ0n) is 14.7. The Kier molecular flexibility index (Phi) is 7.18. The molecule has 1 fully saturated rings. The lowest BCUT2D eigenvalue weighted by Crippen LogP contribution is -2.29. The van der Waals surface area contributed by atoms with Gasteiger partial charge in [-0.1, -0.05) is 24.3 Å². The van der Waals surface area contributed by atoms with Crippen molar-refractivity contribution in [3.8, 4) is 0 Å². The topological polar surface area (TPSA) is 70.2 Å². The van der Waals surface area contributed by atoms with Crippen LogP contribution in [0.1, 0.15) is 28.8 Å². The van der Waals surface area contributed by atoms with Gasteiger partial charge in [-0.3, -0.25) is 9.59 Å². The van der Waals surface area contributed by atoms with Crippen molar-refractivity contribution >= 4 is 35.6 Å². The maximum Gasteiger partial charge on any atom is 0.255 e. The van der Waals surface area contributed by atoms with Crippen molar-refractivity contribution in [3.63, 3.8) is 0 Å². The molecule has 3 rings (SSSR count). The van der Waals surface area contributed by atoms with E-state index in [4.69, 9.17) is 0 Å². The van der Waals surface area contributed by atoms with Crippen molar-refractivity contribution in [2.75, 3.05) is 23.7 Å². The van der Waals surface area contributed by atoms with Crippen molar-refractivity contribution in [3.05, 3.63) is 59.7 Å². The van der Waals surface area contributed by atoms with E-state index < -0.39 is 0 Å². The zero-order chi connectivity index (χ0) is 17.6. The molecule has 138 valence electrons.